The highest BCUT2D eigenvalue weighted by Crippen LogP contribution is 2.24. The number of aryl methyl sites for hydroxylation is 1. The zero-order chi connectivity index (χ0) is 15.5. The minimum Gasteiger partial charge on any atom is -0.278 e. The molecular formula is C17H13ClFN3. The second-order valence-corrected chi connectivity index (χ2v) is 5.33. The van der Waals surface area contributed by atoms with Crippen molar-refractivity contribution in [3.8, 4) is 0 Å². The zero-order valence-corrected chi connectivity index (χ0v) is 12.6. The monoisotopic (exact) mass is 313 g/mol. The average Bonchev–Trinajstić information content (AvgIpc) is 2.50. The predicted octanol–water partition coefficient (Wildman–Crippen LogP) is 4.78. The molecule has 0 spiro atoms. The van der Waals surface area contributed by atoms with Crippen molar-refractivity contribution < 1.29 is 4.39 Å². The van der Waals surface area contributed by atoms with E-state index in [9.17, 15) is 4.39 Å². The van der Waals surface area contributed by atoms with Crippen LogP contribution >= 0.6 is 11.6 Å². The molecule has 0 radical (unpaired) electrons. The van der Waals surface area contributed by atoms with Crippen LogP contribution in [0.5, 0.6) is 0 Å². The maximum Gasteiger partial charge on any atom is 0.124 e. The topological polar surface area (TPSA) is 37.3 Å². The summed E-state index contributed by atoms with van der Waals surface area (Å²) in [5.74, 6) is -0.303. The SMILES string of the molecule is Cc1cc(N/N=C/c2ccc(Cl)cc2)c2cc(F)ccc2n1. The summed E-state index contributed by atoms with van der Waals surface area (Å²) < 4.78 is 13.4. The molecule has 3 rings (SSSR count). The van der Waals surface area contributed by atoms with Gasteiger partial charge in [0.2, 0.25) is 0 Å². The Labute approximate surface area is 132 Å². The standard InChI is InChI=1S/C17H13ClFN3/c1-11-8-17(15-9-14(19)6-7-16(15)21-11)22-20-10-12-2-4-13(18)5-3-12/h2-10H,1H3,(H,21,22)/b20-10+. The summed E-state index contributed by atoms with van der Waals surface area (Å²) >= 11 is 5.84. The van der Waals surface area contributed by atoms with Crippen molar-refractivity contribution in [2.45, 2.75) is 6.92 Å². The third-order valence-corrected chi connectivity index (χ3v) is 3.42. The van der Waals surface area contributed by atoms with Gasteiger partial charge in [-0.1, -0.05) is 23.7 Å². The maximum atomic E-state index is 13.4. The van der Waals surface area contributed by atoms with Gasteiger partial charge in [-0.25, -0.2) is 4.39 Å². The Morgan fingerprint density at radius 2 is 1.91 bits per heavy atom. The molecule has 0 bridgehead atoms. The van der Waals surface area contributed by atoms with E-state index in [1.807, 2.05) is 25.1 Å². The Hall–Kier alpha value is -2.46. The number of nitrogens with one attached hydrogen (secondary N) is 1. The second-order valence-electron chi connectivity index (χ2n) is 4.89. The third-order valence-electron chi connectivity index (χ3n) is 3.17. The van der Waals surface area contributed by atoms with Crippen LogP contribution in [0, 0.1) is 12.7 Å². The van der Waals surface area contributed by atoms with E-state index < -0.39 is 0 Å². The van der Waals surface area contributed by atoms with Gasteiger partial charge in [0.1, 0.15) is 5.82 Å². The second kappa shape index (κ2) is 6.12. The maximum absolute atomic E-state index is 13.4. The van der Waals surface area contributed by atoms with E-state index in [2.05, 4.69) is 15.5 Å². The Kier molecular flexibility index (Phi) is 4.02. The van der Waals surface area contributed by atoms with Crippen molar-refractivity contribution in [1.82, 2.24) is 4.98 Å². The van der Waals surface area contributed by atoms with E-state index in [0.717, 1.165) is 16.8 Å². The summed E-state index contributed by atoms with van der Waals surface area (Å²) in [4.78, 5) is 4.38. The summed E-state index contributed by atoms with van der Waals surface area (Å²) in [6.07, 6.45) is 1.68. The smallest absolute Gasteiger partial charge is 0.124 e. The Morgan fingerprint density at radius 1 is 1.14 bits per heavy atom. The Balaban J connectivity index is 1.90. The van der Waals surface area contributed by atoms with Crippen molar-refractivity contribution >= 4 is 34.4 Å². The van der Waals surface area contributed by atoms with Crippen molar-refractivity contribution in [2.24, 2.45) is 5.10 Å². The van der Waals surface area contributed by atoms with Gasteiger partial charge in [-0.15, -0.1) is 0 Å². The molecule has 0 fully saturated rings. The number of hydrogen-bond acceptors (Lipinski definition) is 3. The Morgan fingerprint density at radius 3 is 2.68 bits per heavy atom. The molecular weight excluding hydrogens is 301 g/mol. The zero-order valence-electron chi connectivity index (χ0n) is 11.8. The number of fused-ring (bicyclic) bond motifs is 1. The lowest BCUT2D eigenvalue weighted by atomic mass is 10.1. The van der Waals surface area contributed by atoms with Crippen LogP contribution in [0.3, 0.4) is 0 Å². The molecule has 1 aromatic heterocycles. The summed E-state index contributed by atoms with van der Waals surface area (Å²) in [5.41, 5.74) is 6.14. The first kappa shape index (κ1) is 14.5. The van der Waals surface area contributed by atoms with Crippen LogP contribution in [0.2, 0.25) is 5.02 Å². The van der Waals surface area contributed by atoms with Crippen LogP contribution < -0.4 is 5.43 Å². The molecule has 110 valence electrons. The molecule has 5 heteroatoms. The fourth-order valence-corrected chi connectivity index (χ4v) is 2.27. The number of aromatic nitrogens is 1. The van der Waals surface area contributed by atoms with Crippen LogP contribution in [0.25, 0.3) is 10.9 Å². The van der Waals surface area contributed by atoms with Gasteiger partial charge in [0, 0.05) is 16.1 Å². The minimum absolute atomic E-state index is 0.303. The number of rotatable bonds is 3. The first-order valence-electron chi connectivity index (χ1n) is 6.73. The fourth-order valence-electron chi connectivity index (χ4n) is 2.15. The molecule has 0 aliphatic carbocycles. The Bertz CT molecular complexity index is 844. The largest absolute Gasteiger partial charge is 0.278 e. The summed E-state index contributed by atoms with van der Waals surface area (Å²) in [7, 11) is 0. The number of anilines is 1. The van der Waals surface area contributed by atoms with Crippen molar-refractivity contribution in [2.75, 3.05) is 5.43 Å². The summed E-state index contributed by atoms with van der Waals surface area (Å²) in [5, 5.41) is 5.56. The van der Waals surface area contributed by atoms with Gasteiger partial charge >= 0.3 is 0 Å². The van der Waals surface area contributed by atoms with Crippen LogP contribution in [0.15, 0.2) is 53.6 Å². The lowest BCUT2D eigenvalue weighted by Crippen LogP contribution is -1.95. The molecule has 0 unspecified atom stereocenters. The number of pyridine rings is 1. The molecule has 0 aliphatic rings. The van der Waals surface area contributed by atoms with Crippen molar-refractivity contribution in [1.29, 1.82) is 0 Å². The molecule has 3 aromatic rings. The normalized spacial score (nSPS) is 11.2. The number of hydrazone groups is 1. The highest BCUT2D eigenvalue weighted by Gasteiger charge is 2.04. The van der Waals surface area contributed by atoms with E-state index >= 15 is 0 Å². The quantitative estimate of drug-likeness (QED) is 0.558. The minimum atomic E-state index is -0.303. The molecule has 0 atom stereocenters. The number of nitrogens with zero attached hydrogens (tertiary/aromatic N) is 2. The fraction of sp³-hybridized carbons (Fsp3) is 0.0588. The molecule has 22 heavy (non-hydrogen) atoms. The highest BCUT2D eigenvalue weighted by molar-refractivity contribution is 6.30. The van der Waals surface area contributed by atoms with E-state index in [4.69, 9.17) is 11.6 Å². The average molecular weight is 314 g/mol. The van der Waals surface area contributed by atoms with E-state index in [-0.39, 0.29) is 5.82 Å². The van der Waals surface area contributed by atoms with Gasteiger partial charge in [0.05, 0.1) is 17.4 Å². The lowest BCUT2D eigenvalue weighted by molar-refractivity contribution is 0.629. The first-order chi connectivity index (χ1) is 10.6. The third kappa shape index (κ3) is 3.23. The molecule has 0 saturated carbocycles. The molecule has 2 aromatic carbocycles. The molecule has 0 aliphatic heterocycles. The van der Waals surface area contributed by atoms with Crippen LogP contribution in [-0.2, 0) is 0 Å². The van der Waals surface area contributed by atoms with Gasteiger partial charge in [-0.3, -0.25) is 10.4 Å². The van der Waals surface area contributed by atoms with E-state index in [1.165, 1.54) is 12.1 Å². The highest BCUT2D eigenvalue weighted by atomic mass is 35.5. The predicted molar refractivity (Wildman–Crippen MR) is 89.1 cm³/mol. The van der Waals surface area contributed by atoms with Gasteiger partial charge in [0.15, 0.2) is 0 Å². The summed E-state index contributed by atoms with van der Waals surface area (Å²) in [6.45, 7) is 1.89. The van der Waals surface area contributed by atoms with Crippen LogP contribution in [-0.4, -0.2) is 11.2 Å². The lowest BCUT2D eigenvalue weighted by Gasteiger charge is -2.07. The van der Waals surface area contributed by atoms with E-state index in [1.54, 1.807) is 24.4 Å². The van der Waals surface area contributed by atoms with E-state index in [0.29, 0.717) is 16.1 Å². The van der Waals surface area contributed by atoms with Gasteiger partial charge in [-0.05, 0) is 48.9 Å². The number of benzene rings is 2. The van der Waals surface area contributed by atoms with Crippen molar-refractivity contribution in [3.05, 3.63) is 70.6 Å². The molecule has 1 N–H and O–H groups in total. The van der Waals surface area contributed by atoms with Gasteiger partial charge < -0.3 is 0 Å². The molecule has 0 amide bonds. The van der Waals surface area contributed by atoms with Crippen LogP contribution in [0.4, 0.5) is 10.1 Å². The van der Waals surface area contributed by atoms with Gasteiger partial charge in [0.25, 0.3) is 0 Å². The molecule has 3 nitrogen and oxygen atoms in total. The first-order valence-corrected chi connectivity index (χ1v) is 7.11. The van der Waals surface area contributed by atoms with Crippen molar-refractivity contribution in [3.63, 3.8) is 0 Å². The number of hydrogen-bond donors (Lipinski definition) is 1. The molecule has 0 saturated heterocycles. The van der Waals surface area contributed by atoms with Crippen LogP contribution in [0.1, 0.15) is 11.3 Å². The number of halogens is 2. The molecule has 1 heterocycles. The summed E-state index contributed by atoms with van der Waals surface area (Å²) in [6, 6.07) is 13.7. The van der Waals surface area contributed by atoms with Gasteiger partial charge in [-0.2, -0.15) is 5.10 Å².